The molecule has 0 spiro atoms. The van der Waals surface area contributed by atoms with Crippen molar-refractivity contribution in [3.63, 3.8) is 0 Å². The fourth-order valence-corrected chi connectivity index (χ4v) is 2.84. The van der Waals surface area contributed by atoms with Crippen molar-refractivity contribution in [2.75, 3.05) is 13.7 Å². The molecule has 19 heavy (non-hydrogen) atoms. The van der Waals surface area contributed by atoms with Crippen molar-refractivity contribution in [3.05, 3.63) is 22.7 Å². The van der Waals surface area contributed by atoms with Gasteiger partial charge in [0.25, 0.3) is 9.05 Å². The second-order valence-electron chi connectivity index (χ2n) is 3.65. The van der Waals surface area contributed by atoms with E-state index in [2.05, 4.69) is 21.2 Å². The van der Waals surface area contributed by atoms with Gasteiger partial charge in [-0.25, -0.2) is 8.42 Å². The van der Waals surface area contributed by atoms with Gasteiger partial charge in [-0.2, -0.15) is 0 Å². The molecule has 106 valence electrons. The van der Waals surface area contributed by atoms with Gasteiger partial charge in [0.05, 0.1) is 6.61 Å². The average Bonchev–Trinajstić information content (AvgIpc) is 2.34. The van der Waals surface area contributed by atoms with Gasteiger partial charge in [-0.15, -0.1) is 0 Å². The summed E-state index contributed by atoms with van der Waals surface area (Å²) in [6.07, 6.45) is 0.799. The third kappa shape index (κ3) is 5.38. The van der Waals surface area contributed by atoms with E-state index in [1.54, 1.807) is 13.1 Å². The molecule has 1 amide bonds. The Hall–Kier alpha value is -0.790. The molecule has 0 radical (unpaired) electrons. The summed E-state index contributed by atoms with van der Waals surface area (Å²) in [5.41, 5.74) is 0. The molecule has 0 aliphatic rings. The van der Waals surface area contributed by atoms with E-state index >= 15 is 0 Å². The molecule has 1 N–H and O–H groups in total. The molecule has 0 bridgehead atoms. The zero-order valence-electron chi connectivity index (χ0n) is 10.2. The smallest absolute Gasteiger partial charge is 0.265 e. The number of hydrogen-bond acceptors (Lipinski definition) is 4. The number of nitrogens with one attached hydrogen (secondary N) is 1. The molecular weight excluding hydrogens is 358 g/mol. The fraction of sp³-hybridized carbons (Fsp3) is 0.364. The Morgan fingerprint density at radius 3 is 2.74 bits per heavy atom. The SMILES string of the molecule is CNC(=O)CCCOc1ccc(Br)cc1S(=O)(=O)Cl. The van der Waals surface area contributed by atoms with E-state index in [0.717, 1.165) is 0 Å². The number of benzene rings is 1. The number of amides is 1. The number of hydrogen-bond donors (Lipinski definition) is 1. The third-order valence-corrected chi connectivity index (χ3v) is 4.09. The van der Waals surface area contributed by atoms with Crippen LogP contribution in [0.1, 0.15) is 12.8 Å². The lowest BCUT2D eigenvalue weighted by molar-refractivity contribution is -0.120. The molecule has 0 aliphatic carbocycles. The molecule has 8 heteroatoms. The standard InChI is InChI=1S/C11H13BrClNO4S/c1-14-11(15)3-2-6-18-9-5-4-8(12)7-10(9)19(13,16)17/h4-5,7H,2-3,6H2,1H3,(H,14,15). The number of rotatable bonds is 6. The van der Waals surface area contributed by atoms with Crippen LogP contribution in [0.25, 0.3) is 0 Å². The van der Waals surface area contributed by atoms with Crippen LogP contribution in [-0.2, 0) is 13.8 Å². The fourth-order valence-electron chi connectivity index (χ4n) is 1.33. The van der Waals surface area contributed by atoms with Crippen molar-refractivity contribution in [1.29, 1.82) is 0 Å². The molecule has 0 atom stereocenters. The lowest BCUT2D eigenvalue weighted by Crippen LogP contribution is -2.18. The van der Waals surface area contributed by atoms with Crippen LogP contribution in [0.3, 0.4) is 0 Å². The molecule has 1 aromatic rings. The Morgan fingerprint density at radius 2 is 2.16 bits per heavy atom. The van der Waals surface area contributed by atoms with Crippen molar-refractivity contribution < 1.29 is 17.9 Å². The van der Waals surface area contributed by atoms with E-state index in [4.69, 9.17) is 15.4 Å². The first-order valence-electron chi connectivity index (χ1n) is 5.42. The van der Waals surface area contributed by atoms with Gasteiger partial charge in [0.15, 0.2) is 0 Å². The maximum atomic E-state index is 11.4. The summed E-state index contributed by atoms with van der Waals surface area (Å²) in [7, 11) is 3.00. The van der Waals surface area contributed by atoms with E-state index in [0.29, 0.717) is 17.3 Å². The van der Waals surface area contributed by atoms with Gasteiger partial charge in [0.2, 0.25) is 5.91 Å². The van der Waals surface area contributed by atoms with Crippen molar-refractivity contribution in [2.45, 2.75) is 17.7 Å². The Labute approximate surface area is 124 Å². The number of ether oxygens (including phenoxy) is 1. The Morgan fingerprint density at radius 1 is 1.47 bits per heavy atom. The highest BCUT2D eigenvalue weighted by Crippen LogP contribution is 2.30. The molecule has 5 nitrogen and oxygen atoms in total. The summed E-state index contributed by atoms with van der Waals surface area (Å²) in [6.45, 7) is 0.231. The van der Waals surface area contributed by atoms with Gasteiger partial charge >= 0.3 is 0 Å². The van der Waals surface area contributed by atoms with E-state index in [9.17, 15) is 13.2 Å². The molecule has 0 heterocycles. The van der Waals surface area contributed by atoms with Gasteiger partial charge < -0.3 is 10.1 Å². The molecule has 0 aliphatic heterocycles. The van der Waals surface area contributed by atoms with Gasteiger partial charge in [0, 0.05) is 28.6 Å². The highest BCUT2D eigenvalue weighted by Gasteiger charge is 2.17. The molecule has 0 unspecified atom stereocenters. The second kappa shape index (κ2) is 7.12. The Bertz CT molecular complexity index is 562. The summed E-state index contributed by atoms with van der Waals surface area (Å²) in [5.74, 6) is 0.0831. The molecule has 1 aromatic carbocycles. The van der Waals surface area contributed by atoms with E-state index in [1.807, 2.05) is 0 Å². The molecular formula is C11H13BrClNO4S. The topological polar surface area (TPSA) is 72.5 Å². The molecule has 0 saturated heterocycles. The van der Waals surface area contributed by atoms with Gasteiger partial charge in [-0.3, -0.25) is 4.79 Å². The van der Waals surface area contributed by atoms with Crippen LogP contribution in [-0.4, -0.2) is 28.0 Å². The predicted octanol–water partition coefficient (Wildman–Crippen LogP) is 2.28. The van der Waals surface area contributed by atoms with Crippen molar-refractivity contribution in [1.82, 2.24) is 5.32 Å². The summed E-state index contributed by atoms with van der Waals surface area (Å²) in [4.78, 5) is 10.9. The lowest BCUT2D eigenvalue weighted by atomic mass is 10.3. The van der Waals surface area contributed by atoms with Gasteiger partial charge in [-0.1, -0.05) is 15.9 Å². The number of halogens is 2. The van der Waals surface area contributed by atoms with Crippen molar-refractivity contribution in [2.24, 2.45) is 0 Å². The predicted molar refractivity (Wildman–Crippen MR) is 76.0 cm³/mol. The minimum absolute atomic E-state index is 0.0930. The van der Waals surface area contributed by atoms with Crippen molar-refractivity contribution >= 4 is 41.6 Å². The van der Waals surface area contributed by atoms with Crippen LogP contribution >= 0.6 is 26.6 Å². The monoisotopic (exact) mass is 369 g/mol. The van der Waals surface area contributed by atoms with Crippen LogP contribution < -0.4 is 10.1 Å². The number of carbonyl (C=O) groups is 1. The third-order valence-electron chi connectivity index (χ3n) is 2.25. The second-order valence-corrected chi connectivity index (χ2v) is 7.10. The van der Waals surface area contributed by atoms with Crippen LogP contribution in [0.4, 0.5) is 0 Å². The quantitative estimate of drug-likeness (QED) is 0.616. The average molecular weight is 371 g/mol. The zero-order chi connectivity index (χ0) is 14.5. The van der Waals surface area contributed by atoms with Crippen LogP contribution in [0, 0.1) is 0 Å². The lowest BCUT2D eigenvalue weighted by Gasteiger charge is -2.09. The normalized spacial score (nSPS) is 11.1. The van der Waals surface area contributed by atoms with E-state index < -0.39 is 9.05 Å². The highest BCUT2D eigenvalue weighted by atomic mass is 79.9. The first kappa shape index (κ1) is 16.3. The molecule has 1 rings (SSSR count). The van der Waals surface area contributed by atoms with E-state index in [1.165, 1.54) is 12.1 Å². The largest absolute Gasteiger partial charge is 0.492 e. The first-order valence-corrected chi connectivity index (χ1v) is 8.52. The summed E-state index contributed by atoms with van der Waals surface area (Å²) in [6, 6.07) is 4.54. The minimum atomic E-state index is -3.88. The summed E-state index contributed by atoms with van der Waals surface area (Å²) in [5, 5.41) is 2.49. The van der Waals surface area contributed by atoms with Crippen LogP contribution in [0.5, 0.6) is 5.75 Å². The molecule has 0 fully saturated rings. The molecule has 0 aromatic heterocycles. The highest BCUT2D eigenvalue weighted by molar-refractivity contribution is 9.10. The van der Waals surface area contributed by atoms with E-state index in [-0.39, 0.29) is 23.2 Å². The maximum Gasteiger partial charge on any atom is 0.265 e. The van der Waals surface area contributed by atoms with Crippen LogP contribution in [0.2, 0.25) is 0 Å². The van der Waals surface area contributed by atoms with Crippen LogP contribution in [0.15, 0.2) is 27.6 Å². The Kier molecular flexibility index (Phi) is 6.09. The summed E-state index contributed by atoms with van der Waals surface area (Å²) >= 11 is 3.17. The molecule has 0 saturated carbocycles. The van der Waals surface area contributed by atoms with Gasteiger partial charge in [-0.05, 0) is 24.6 Å². The number of carbonyl (C=O) groups excluding carboxylic acids is 1. The minimum Gasteiger partial charge on any atom is -0.492 e. The van der Waals surface area contributed by atoms with Crippen molar-refractivity contribution in [3.8, 4) is 5.75 Å². The zero-order valence-corrected chi connectivity index (χ0v) is 13.3. The Balaban J connectivity index is 2.71. The first-order chi connectivity index (χ1) is 8.84. The van der Waals surface area contributed by atoms with Gasteiger partial charge in [0.1, 0.15) is 10.6 Å². The summed E-state index contributed by atoms with van der Waals surface area (Å²) < 4.78 is 28.7. The maximum absolute atomic E-state index is 11.4.